The molecule has 102 valence electrons. The predicted octanol–water partition coefficient (Wildman–Crippen LogP) is -0.113. The molecule has 1 heterocycles. The fourth-order valence-corrected chi connectivity index (χ4v) is 1.85. The molecule has 0 aliphatic carbocycles. The number of carbonyl (C=O) groups is 3. The van der Waals surface area contributed by atoms with E-state index in [1.807, 2.05) is 30.3 Å². The zero-order valence-electron chi connectivity index (χ0n) is 10.6. The molecule has 0 saturated carbocycles. The van der Waals surface area contributed by atoms with Crippen molar-refractivity contribution in [1.29, 1.82) is 0 Å². The summed E-state index contributed by atoms with van der Waals surface area (Å²) < 4.78 is 0. The summed E-state index contributed by atoms with van der Waals surface area (Å²) in [4.78, 5) is 32.9. The molecule has 1 aromatic rings. The number of benzene rings is 1. The van der Waals surface area contributed by atoms with Crippen LogP contribution in [0, 0.1) is 0 Å². The largest absolute Gasteiger partial charge is 0.483 e. The van der Waals surface area contributed by atoms with Crippen molar-refractivity contribution >= 4 is 18.3 Å². The Bertz CT molecular complexity index is 447. The monoisotopic (exact) mass is 264 g/mol. The molecule has 1 saturated heterocycles. The Balaban J connectivity index is 0.000000550. The van der Waals surface area contributed by atoms with Gasteiger partial charge in [0.1, 0.15) is 6.04 Å². The quantitative estimate of drug-likeness (QED) is 0.729. The standard InChI is InChI=1S/C12H14N2O2.CH2O2/c1-14-8-11(15)13-10(12(14)16)7-9-5-3-2-4-6-9;2-1-3/h2-6,10H,7-8H2,1H3,(H,13,15);1H,(H,2,3)/t10-;/m0./s1. The molecule has 0 radical (unpaired) electrons. The van der Waals surface area contributed by atoms with Crippen LogP contribution in [0.2, 0.25) is 0 Å². The molecule has 19 heavy (non-hydrogen) atoms. The lowest BCUT2D eigenvalue weighted by molar-refractivity contribution is -0.142. The summed E-state index contributed by atoms with van der Waals surface area (Å²) in [5.74, 6) is -0.119. The maximum Gasteiger partial charge on any atom is 0.290 e. The van der Waals surface area contributed by atoms with Crippen LogP contribution in [0.4, 0.5) is 0 Å². The molecule has 0 bridgehead atoms. The van der Waals surface area contributed by atoms with Crippen molar-refractivity contribution in [2.45, 2.75) is 12.5 Å². The first kappa shape index (κ1) is 14.7. The van der Waals surface area contributed by atoms with Gasteiger partial charge < -0.3 is 15.3 Å². The highest BCUT2D eigenvalue weighted by molar-refractivity contribution is 5.94. The molecule has 1 fully saturated rings. The van der Waals surface area contributed by atoms with Gasteiger partial charge in [-0.1, -0.05) is 30.3 Å². The van der Waals surface area contributed by atoms with E-state index in [4.69, 9.17) is 9.90 Å². The molecule has 2 amide bonds. The van der Waals surface area contributed by atoms with Gasteiger partial charge in [-0.3, -0.25) is 14.4 Å². The maximum absolute atomic E-state index is 11.8. The van der Waals surface area contributed by atoms with Gasteiger partial charge in [-0.25, -0.2) is 0 Å². The SMILES string of the molecule is CN1CC(=O)N[C@@H](Cc2ccccc2)C1=O.O=CO. The topological polar surface area (TPSA) is 86.7 Å². The lowest BCUT2D eigenvalue weighted by Crippen LogP contribution is -2.57. The van der Waals surface area contributed by atoms with Gasteiger partial charge in [0.05, 0.1) is 6.54 Å². The smallest absolute Gasteiger partial charge is 0.290 e. The van der Waals surface area contributed by atoms with Crippen molar-refractivity contribution in [2.24, 2.45) is 0 Å². The molecular weight excluding hydrogens is 248 g/mol. The van der Waals surface area contributed by atoms with Crippen LogP contribution >= 0.6 is 0 Å². The number of hydrogen-bond donors (Lipinski definition) is 2. The molecule has 0 spiro atoms. The second kappa shape index (κ2) is 7.15. The van der Waals surface area contributed by atoms with Crippen molar-refractivity contribution in [3.8, 4) is 0 Å². The van der Waals surface area contributed by atoms with Gasteiger partial charge in [0.25, 0.3) is 6.47 Å². The first-order chi connectivity index (χ1) is 9.08. The van der Waals surface area contributed by atoms with Crippen molar-refractivity contribution in [2.75, 3.05) is 13.6 Å². The van der Waals surface area contributed by atoms with Crippen LogP contribution in [0.15, 0.2) is 30.3 Å². The molecule has 0 unspecified atom stereocenters. The number of carboxylic acid groups (broad SMARTS) is 1. The highest BCUT2D eigenvalue weighted by Crippen LogP contribution is 2.08. The van der Waals surface area contributed by atoms with Gasteiger partial charge in [0.2, 0.25) is 11.8 Å². The first-order valence-electron chi connectivity index (χ1n) is 5.74. The van der Waals surface area contributed by atoms with E-state index in [1.165, 1.54) is 4.90 Å². The van der Waals surface area contributed by atoms with E-state index >= 15 is 0 Å². The van der Waals surface area contributed by atoms with E-state index in [0.29, 0.717) is 6.42 Å². The number of likely N-dealkylation sites (N-methyl/N-ethyl adjacent to an activating group) is 1. The molecule has 1 aliphatic heterocycles. The molecule has 6 heteroatoms. The average molecular weight is 264 g/mol. The molecule has 6 nitrogen and oxygen atoms in total. The third-order valence-corrected chi connectivity index (χ3v) is 2.67. The number of rotatable bonds is 2. The van der Waals surface area contributed by atoms with Crippen LogP contribution in [-0.4, -0.2) is 47.9 Å². The lowest BCUT2D eigenvalue weighted by Gasteiger charge is -2.29. The van der Waals surface area contributed by atoms with Crippen LogP contribution in [0.25, 0.3) is 0 Å². The summed E-state index contributed by atoms with van der Waals surface area (Å²) >= 11 is 0. The first-order valence-corrected chi connectivity index (χ1v) is 5.74. The molecule has 0 aromatic heterocycles. The summed E-state index contributed by atoms with van der Waals surface area (Å²) in [5.41, 5.74) is 1.05. The van der Waals surface area contributed by atoms with Crippen molar-refractivity contribution < 1.29 is 19.5 Å². The summed E-state index contributed by atoms with van der Waals surface area (Å²) in [6.07, 6.45) is 0.551. The molecule has 1 aliphatic rings. The highest BCUT2D eigenvalue weighted by Gasteiger charge is 2.30. The second-order valence-corrected chi connectivity index (χ2v) is 4.11. The van der Waals surface area contributed by atoms with Gasteiger partial charge in [0.15, 0.2) is 0 Å². The third kappa shape index (κ3) is 4.42. The van der Waals surface area contributed by atoms with Crippen LogP contribution in [-0.2, 0) is 20.8 Å². The summed E-state index contributed by atoms with van der Waals surface area (Å²) in [5, 5.41) is 9.60. The van der Waals surface area contributed by atoms with E-state index in [-0.39, 0.29) is 24.8 Å². The zero-order chi connectivity index (χ0) is 14.3. The summed E-state index contributed by atoms with van der Waals surface area (Å²) in [7, 11) is 1.65. The minimum absolute atomic E-state index is 0.0246. The van der Waals surface area contributed by atoms with Gasteiger partial charge in [-0.2, -0.15) is 0 Å². The third-order valence-electron chi connectivity index (χ3n) is 2.67. The van der Waals surface area contributed by atoms with Crippen LogP contribution in [0.1, 0.15) is 5.56 Å². The Labute approximate surface area is 111 Å². The zero-order valence-corrected chi connectivity index (χ0v) is 10.6. The number of amides is 2. The van der Waals surface area contributed by atoms with E-state index < -0.39 is 6.04 Å². The Morgan fingerprint density at radius 3 is 2.53 bits per heavy atom. The van der Waals surface area contributed by atoms with E-state index in [0.717, 1.165) is 5.56 Å². The number of piperazine rings is 1. The summed E-state index contributed by atoms with van der Waals surface area (Å²) in [6.45, 7) is -0.0931. The molecule has 2 N–H and O–H groups in total. The molecule has 1 aromatic carbocycles. The van der Waals surface area contributed by atoms with Crippen molar-refractivity contribution in [3.05, 3.63) is 35.9 Å². The molecular formula is C13H16N2O4. The van der Waals surface area contributed by atoms with Gasteiger partial charge in [-0.05, 0) is 5.56 Å². The van der Waals surface area contributed by atoms with E-state index in [9.17, 15) is 9.59 Å². The van der Waals surface area contributed by atoms with Crippen molar-refractivity contribution in [1.82, 2.24) is 10.2 Å². The molecule has 1 atom stereocenters. The maximum atomic E-state index is 11.8. The highest BCUT2D eigenvalue weighted by atomic mass is 16.3. The number of nitrogens with one attached hydrogen (secondary N) is 1. The Morgan fingerprint density at radius 2 is 1.95 bits per heavy atom. The van der Waals surface area contributed by atoms with Gasteiger partial charge in [0, 0.05) is 13.5 Å². The Morgan fingerprint density at radius 1 is 1.37 bits per heavy atom. The van der Waals surface area contributed by atoms with Gasteiger partial charge >= 0.3 is 0 Å². The van der Waals surface area contributed by atoms with Crippen molar-refractivity contribution in [3.63, 3.8) is 0 Å². The Kier molecular flexibility index (Phi) is 5.53. The summed E-state index contributed by atoms with van der Waals surface area (Å²) in [6, 6.07) is 9.26. The number of nitrogens with zero attached hydrogens (tertiary/aromatic N) is 1. The minimum atomic E-state index is -0.423. The van der Waals surface area contributed by atoms with E-state index in [2.05, 4.69) is 5.32 Å². The normalized spacial score (nSPS) is 18.2. The number of hydrogen-bond acceptors (Lipinski definition) is 3. The van der Waals surface area contributed by atoms with Crippen LogP contribution in [0.5, 0.6) is 0 Å². The lowest BCUT2D eigenvalue weighted by atomic mass is 10.0. The Hall–Kier alpha value is -2.37. The van der Waals surface area contributed by atoms with Crippen LogP contribution in [0.3, 0.4) is 0 Å². The fourth-order valence-electron chi connectivity index (χ4n) is 1.85. The van der Waals surface area contributed by atoms with Crippen LogP contribution < -0.4 is 5.32 Å². The van der Waals surface area contributed by atoms with E-state index in [1.54, 1.807) is 7.05 Å². The average Bonchev–Trinajstić information content (AvgIpc) is 2.37. The second-order valence-electron chi connectivity index (χ2n) is 4.11. The molecule has 2 rings (SSSR count). The number of carbonyl (C=O) groups excluding carboxylic acids is 2. The van der Waals surface area contributed by atoms with Gasteiger partial charge in [-0.15, -0.1) is 0 Å². The minimum Gasteiger partial charge on any atom is -0.483 e. The fraction of sp³-hybridized carbons (Fsp3) is 0.308. The predicted molar refractivity (Wildman–Crippen MR) is 68.4 cm³/mol.